The third-order valence-electron chi connectivity index (χ3n) is 2.62. The molecule has 0 radical (unpaired) electrons. The molecule has 0 unspecified atom stereocenters. The van der Waals surface area contributed by atoms with Crippen LogP contribution in [0.25, 0.3) is 0 Å². The van der Waals surface area contributed by atoms with E-state index in [1.165, 1.54) is 11.3 Å². The van der Waals surface area contributed by atoms with E-state index in [0.29, 0.717) is 0 Å². The molecule has 2 aromatic rings. The quantitative estimate of drug-likeness (QED) is 0.835. The van der Waals surface area contributed by atoms with Gasteiger partial charge in [-0.1, -0.05) is 53.6 Å². The molecule has 0 bridgehead atoms. The second kappa shape index (κ2) is 5.65. The molecule has 0 aliphatic rings. The standard InChI is InChI=1S/C13H15BrN2S/c1-2-3-12-8-13(17)16(15-12)9-10-4-6-11(14)7-5-10/h4-8,15H,2-3,9H2,1H3. The van der Waals surface area contributed by atoms with E-state index in [0.717, 1.165) is 28.5 Å². The van der Waals surface area contributed by atoms with Crippen molar-refractivity contribution in [3.05, 3.63) is 50.7 Å². The molecule has 1 aromatic heterocycles. The minimum atomic E-state index is 0.801. The van der Waals surface area contributed by atoms with E-state index in [2.05, 4.69) is 58.3 Å². The Bertz CT molecular complexity index is 539. The highest BCUT2D eigenvalue weighted by Crippen LogP contribution is 2.12. The summed E-state index contributed by atoms with van der Waals surface area (Å²) in [6.45, 7) is 2.97. The molecule has 0 amide bonds. The van der Waals surface area contributed by atoms with E-state index in [9.17, 15) is 0 Å². The fourth-order valence-electron chi connectivity index (χ4n) is 1.77. The van der Waals surface area contributed by atoms with E-state index in [1.807, 2.05) is 4.68 Å². The molecule has 0 aliphatic heterocycles. The summed E-state index contributed by atoms with van der Waals surface area (Å²) in [5.41, 5.74) is 2.46. The van der Waals surface area contributed by atoms with Crippen molar-refractivity contribution in [2.45, 2.75) is 26.3 Å². The molecule has 2 nitrogen and oxygen atoms in total. The molecule has 1 N–H and O–H groups in total. The summed E-state index contributed by atoms with van der Waals surface area (Å²) >= 11 is 8.77. The number of nitrogens with zero attached hydrogens (tertiary/aromatic N) is 1. The lowest BCUT2D eigenvalue weighted by Gasteiger charge is -2.03. The Morgan fingerprint density at radius 3 is 2.65 bits per heavy atom. The van der Waals surface area contributed by atoms with Gasteiger partial charge in [-0.3, -0.25) is 4.68 Å². The molecule has 2 rings (SSSR count). The van der Waals surface area contributed by atoms with E-state index >= 15 is 0 Å². The van der Waals surface area contributed by atoms with Crippen molar-refractivity contribution >= 4 is 28.1 Å². The van der Waals surface area contributed by atoms with Crippen molar-refractivity contribution in [2.24, 2.45) is 0 Å². The van der Waals surface area contributed by atoms with E-state index in [1.54, 1.807) is 0 Å². The first-order chi connectivity index (χ1) is 8.19. The molecule has 1 heterocycles. The monoisotopic (exact) mass is 310 g/mol. The zero-order valence-electron chi connectivity index (χ0n) is 9.74. The van der Waals surface area contributed by atoms with Crippen LogP contribution in [0, 0.1) is 4.64 Å². The van der Waals surface area contributed by atoms with Crippen LogP contribution in [-0.4, -0.2) is 9.78 Å². The molecule has 0 aliphatic carbocycles. The topological polar surface area (TPSA) is 20.7 Å². The van der Waals surface area contributed by atoms with Crippen LogP contribution in [-0.2, 0) is 13.0 Å². The number of hydrogen-bond donors (Lipinski definition) is 1. The average molecular weight is 311 g/mol. The van der Waals surface area contributed by atoms with Crippen LogP contribution in [0.1, 0.15) is 24.6 Å². The van der Waals surface area contributed by atoms with Gasteiger partial charge < -0.3 is 5.10 Å². The Morgan fingerprint density at radius 2 is 2.00 bits per heavy atom. The Hall–Kier alpha value is -0.870. The predicted molar refractivity (Wildman–Crippen MR) is 76.9 cm³/mol. The molecule has 90 valence electrons. The van der Waals surface area contributed by atoms with Crippen LogP contribution in [0.2, 0.25) is 0 Å². The normalized spacial score (nSPS) is 10.7. The Morgan fingerprint density at radius 1 is 1.29 bits per heavy atom. The average Bonchev–Trinajstić information content (AvgIpc) is 2.63. The molecule has 17 heavy (non-hydrogen) atoms. The zero-order valence-corrected chi connectivity index (χ0v) is 12.1. The van der Waals surface area contributed by atoms with E-state index in [-0.39, 0.29) is 0 Å². The number of hydrogen-bond acceptors (Lipinski definition) is 1. The van der Waals surface area contributed by atoms with Gasteiger partial charge in [0.15, 0.2) is 0 Å². The van der Waals surface area contributed by atoms with Crippen LogP contribution >= 0.6 is 28.1 Å². The maximum absolute atomic E-state index is 5.33. The van der Waals surface area contributed by atoms with Crippen LogP contribution in [0.5, 0.6) is 0 Å². The number of benzene rings is 1. The Kier molecular flexibility index (Phi) is 4.18. The van der Waals surface area contributed by atoms with Crippen molar-refractivity contribution in [1.82, 2.24) is 9.78 Å². The highest BCUT2D eigenvalue weighted by Gasteiger charge is 2.00. The molecule has 0 fully saturated rings. The second-order valence-electron chi connectivity index (χ2n) is 4.08. The van der Waals surface area contributed by atoms with Crippen molar-refractivity contribution in [2.75, 3.05) is 0 Å². The minimum absolute atomic E-state index is 0.801. The van der Waals surface area contributed by atoms with Gasteiger partial charge in [-0.15, -0.1) is 0 Å². The first-order valence-corrected chi connectivity index (χ1v) is 6.92. The van der Waals surface area contributed by atoms with Gasteiger partial charge in [-0.25, -0.2) is 0 Å². The molecular formula is C13H15BrN2S. The molecule has 4 heteroatoms. The number of rotatable bonds is 4. The highest BCUT2D eigenvalue weighted by molar-refractivity contribution is 9.10. The number of halogens is 1. The van der Waals surface area contributed by atoms with Crippen molar-refractivity contribution in [3.8, 4) is 0 Å². The van der Waals surface area contributed by atoms with Crippen molar-refractivity contribution in [3.63, 3.8) is 0 Å². The zero-order chi connectivity index (χ0) is 12.3. The van der Waals surface area contributed by atoms with Crippen LogP contribution < -0.4 is 0 Å². The van der Waals surface area contributed by atoms with Crippen molar-refractivity contribution < 1.29 is 0 Å². The molecular weight excluding hydrogens is 296 g/mol. The minimum Gasteiger partial charge on any atom is -0.301 e. The van der Waals surface area contributed by atoms with Gasteiger partial charge >= 0.3 is 0 Å². The maximum atomic E-state index is 5.33. The summed E-state index contributed by atoms with van der Waals surface area (Å²) in [5.74, 6) is 0. The van der Waals surface area contributed by atoms with E-state index < -0.39 is 0 Å². The Balaban J connectivity index is 2.18. The molecule has 0 saturated heterocycles. The van der Waals surface area contributed by atoms with E-state index in [4.69, 9.17) is 12.2 Å². The first kappa shape index (κ1) is 12.6. The van der Waals surface area contributed by atoms with Gasteiger partial charge in [0.25, 0.3) is 0 Å². The van der Waals surface area contributed by atoms with Gasteiger partial charge in [0.2, 0.25) is 0 Å². The lowest BCUT2D eigenvalue weighted by molar-refractivity contribution is 0.660. The maximum Gasteiger partial charge on any atom is 0.122 e. The van der Waals surface area contributed by atoms with Crippen LogP contribution in [0.15, 0.2) is 34.8 Å². The SMILES string of the molecule is CCCc1cc(=S)n(Cc2ccc(Br)cc2)[nH]1. The molecule has 0 saturated carbocycles. The number of aromatic amines is 1. The largest absolute Gasteiger partial charge is 0.301 e. The molecule has 0 spiro atoms. The summed E-state index contributed by atoms with van der Waals surface area (Å²) in [6.07, 6.45) is 2.19. The number of nitrogens with one attached hydrogen (secondary N) is 1. The summed E-state index contributed by atoms with van der Waals surface area (Å²) in [6, 6.07) is 10.4. The predicted octanol–water partition coefficient (Wildman–Crippen LogP) is 4.31. The molecule has 0 atom stereocenters. The van der Waals surface area contributed by atoms with Gasteiger partial charge in [-0.05, 0) is 30.2 Å². The fraction of sp³-hybridized carbons (Fsp3) is 0.308. The van der Waals surface area contributed by atoms with Gasteiger partial charge in [0, 0.05) is 10.2 Å². The number of aromatic nitrogens is 2. The van der Waals surface area contributed by atoms with Gasteiger partial charge in [0.1, 0.15) is 4.64 Å². The van der Waals surface area contributed by atoms with Gasteiger partial charge in [-0.2, -0.15) is 0 Å². The third-order valence-corrected chi connectivity index (χ3v) is 3.48. The first-order valence-electron chi connectivity index (χ1n) is 5.72. The van der Waals surface area contributed by atoms with Crippen LogP contribution in [0.3, 0.4) is 0 Å². The summed E-state index contributed by atoms with van der Waals surface area (Å²) in [7, 11) is 0. The number of aryl methyl sites for hydroxylation is 1. The summed E-state index contributed by atoms with van der Waals surface area (Å²) in [4.78, 5) is 0. The molecule has 1 aromatic carbocycles. The Labute approximate surface area is 115 Å². The lowest BCUT2D eigenvalue weighted by Crippen LogP contribution is -2.02. The van der Waals surface area contributed by atoms with Crippen molar-refractivity contribution in [1.29, 1.82) is 0 Å². The fourth-order valence-corrected chi connectivity index (χ4v) is 2.29. The third kappa shape index (κ3) is 3.30. The lowest BCUT2D eigenvalue weighted by atomic mass is 10.2. The number of H-pyrrole nitrogens is 1. The highest BCUT2D eigenvalue weighted by atomic mass is 79.9. The summed E-state index contributed by atoms with van der Waals surface area (Å²) in [5, 5.41) is 3.35. The second-order valence-corrected chi connectivity index (χ2v) is 5.42. The van der Waals surface area contributed by atoms with Gasteiger partial charge in [0.05, 0.1) is 6.54 Å². The smallest absolute Gasteiger partial charge is 0.122 e. The van der Waals surface area contributed by atoms with Crippen LogP contribution in [0.4, 0.5) is 0 Å². The summed E-state index contributed by atoms with van der Waals surface area (Å²) < 4.78 is 3.99.